The van der Waals surface area contributed by atoms with Gasteiger partial charge in [0, 0.05) is 24.7 Å². The summed E-state index contributed by atoms with van der Waals surface area (Å²) in [7, 11) is 0. The molecular formula is C21H31ClN2O2S. The smallest absolute Gasteiger partial charge is 0.251 e. The minimum Gasteiger partial charge on any atom is -0.489 e. The predicted octanol–water partition coefficient (Wildman–Crippen LogP) is 4.61. The first kappa shape index (κ1) is 20.8. The van der Waals surface area contributed by atoms with Gasteiger partial charge in [0.15, 0.2) is 0 Å². The summed E-state index contributed by atoms with van der Waals surface area (Å²) in [5.41, 5.74) is 0.614. The van der Waals surface area contributed by atoms with E-state index in [2.05, 4.69) is 16.5 Å². The highest BCUT2D eigenvalue weighted by Crippen LogP contribution is 2.29. The lowest BCUT2D eigenvalue weighted by atomic mass is 10.1. The van der Waals surface area contributed by atoms with Crippen LogP contribution in [0.25, 0.3) is 0 Å². The number of nitrogens with one attached hydrogen (secondary N) is 1. The van der Waals surface area contributed by atoms with E-state index in [1.165, 1.54) is 31.6 Å². The number of amides is 1. The summed E-state index contributed by atoms with van der Waals surface area (Å²) in [6, 6.07) is 5.71. The number of carbonyl (C=O) groups is 1. The number of thioether (sulfide) groups is 1. The van der Waals surface area contributed by atoms with Gasteiger partial charge in [-0.3, -0.25) is 4.79 Å². The van der Waals surface area contributed by atoms with Crippen LogP contribution in [-0.4, -0.2) is 54.6 Å². The van der Waals surface area contributed by atoms with E-state index < -0.39 is 0 Å². The molecule has 1 aliphatic heterocycles. The van der Waals surface area contributed by atoms with E-state index in [0.29, 0.717) is 22.4 Å². The lowest BCUT2D eigenvalue weighted by Gasteiger charge is -2.32. The number of ether oxygens (including phenoxy) is 1. The molecule has 1 aromatic carbocycles. The van der Waals surface area contributed by atoms with E-state index in [4.69, 9.17) is 16.3 Å². The van der Waals surface area contributed by atoms with Crippen molar-refractivity contribution in [2.24, 2.45) is 0 Å². The fourth-order valence-corrected chi connectivity index (χ4v) is 4.58. The maximum Gasteiger partial charge on any atom is 0.251 e. The average molecular weight is 411 g/mol. The molecule has 1 saturated carbocycles. The van der Waals surface area contributed by atoms with Gasteiger partial charge in [-0.1, -0.05) is 24.4 Å². The van der Waals surface area contributed by atoms with Crippen LogP contribution >= 0.6 is 23.4 Å². The number of likely N-dealkylation sites (tertiary alicyclic amines) is 1. The Morgan fingerprint density at radius 3 is 2.67 bits per heavy atom. The van der Waals surface area contributed by atoms with Crippen LogP contribution in [0.5, 0.6) is 5.75 Å². The molecule has 3 rings (SSSR count). The highest BCUT2D eigenvalue weighted by molar-refractivity contribution is 7.98. The van der Waals surface area contributed by atoms with Gasteiger partial charge >= 0.3 is 0 Å². The molecule has 1 aliphatic carbocycles. The van der Waals surface area contributed by atoms with Crippen LogP contribution in [0.1, 0.15) is 55.3 Å². The van der Waals surface area contributed by atoms with Crippen molar-refractivity contribution >= 4 is 29.3 Å². The molecule has 0 aromatic heterocycles. The molecule has 1 N–H and O–H groups in total. The summed E-state index contributed by atoms with van der Waals surface area (Å²) in [5.74, 6) is 1.89. The van der Waals surface area contributed by atoms with Crippen molar-refractivity contribution in [1.29, 1.82) is 0 Å². The third-order valence-corrected chi connectivity index (χ3v) is 6.53. The Kier molecular flexibility index (Phi) is 8.16. The van der Waals surface area contributed by atoms with Crippen LogP contribution in [0, 0.1) is 0 Å². The topological polar surface area (TPSA) is 41.6 Å². The molecule has 2 fully saturated rings. The minimum atomic E-state index is -0.0334. The summed E-state index contributed by atoms with van der Waals surface area (Å²) in [5, 5.41) is 3.63. The molecule has 1 aromatic rings. The van der Waals surface area contributed by atoms with Crippen molar-refractivity contribution < 1.29 is 9.53 Å². The van der Waals surface area contributed by atoms with Crippen LogP contribution in [-0.2, 0) is 0 Å². The molecule has 150 valence electrons. The van der Waals surface area contributed by atoms with Crippen molar-refractivity contribution in [1.82, 2.24) is 10.2 Å². The lowest BCUT2D eigenvalue weighted by Crippen LogP contribution is -2.38. The Bertz CT molecular complexity index is 614. The molecule has 0 unspecified atom stereocenters. The third-order valence-electron chi connectivity index (χ3n) is 5.54. The first-order chi connectivity index (χ1) is 13.2. The quantitative estimate of drug-likeness (QED) is 0.635. The number of rotatable bonds is 8. The molecule has 1 saturated heterocycles. The van der Waals surface area contributed by atoms with E-state index in [0.717, 1.165) is 38.8 Å². The molecule has 6 heteroatoms. The summed E-state index contributed by atoms with van der Waals surface area (Å²) in [6.45, 7) is 3.34. The fraction of sp³-hybridized carbons (Fsp3) is 0.667. The molecule has 0 radical (unpaired) electrons. The average Bonchev–Trinajstić information content (AvgIpc) is 3.18. The zero-order valence-corrected chi connectivity index (χ0v) is 17.8. The van der Waals surface area contributed by atoms with Crippen molar-refractivity contribution in [3.63, 3.8) is 0 Å². The highest BCUT2D eigenvalue weighted by atomic mass is 35.5. The summed E-state index contributed by atoms with van der Waals surface area (Å²) >= 11 is 8.32. The monoisotopic (exact) mass is 410 g/mol. The first-order valence-electron chi connectivity index (χ1n) is 10.1. The highest BCUT2D eigenvalue weighted by Gasteiger charge is 2.22. The fourth-order valence-electron chi connectivity index (χ4n) is 3.94. The molecule has 4 nitrogen and oxygen atoms in total. The number of hydrogen-bond donors (Lipinski definition) is 1. The number of nitrogens with zero attached hydrogens (tertiary/aromatic N) is 1. The van der Waals surface area contributed by atoms with Gasteiger partial charge in [-0.05, 0) is 68.9 Å². The first-order valence-corrected chi connectivity index (χ1v) is 11.9. The maximum absolute atomic E-state index is 12.4. The molecule has 0 spiro atoms. The Labute approximate surface area is 172 Å². The van der Waals surface area contributed by atoms with Crippen LogP contribution in [0.15, 0.2) is 18.2 Å². The van der Waals surface area contributed by atoms with E-state index in [1.807, 2.05) is 23.9 Å². The number of carbonyl (C=O) groups excluding carboxylic acids is 1. The second kappa shape index (κ2) is 10.6. The third kappa shape index (κ3) is 6.30. The van der Waals surface area contributed by atoms with Crippen LogP contribution in [0.4, 0.5) is 0 Å². The van der Waals surface area contributed by atoms with E-state index in [1.54, 1.807) is 6.07 Å². The lowest BCUT2D eigenvalue weighted by molar-refractivity contribution is 0.0937. The number of halogens is 1. The molecule has 1 heterocycles. The second-order valence-corrected chi connectivity index (χ2v) is 9.00. The van der Waals surface area contributed by atoms with Gasteiger partial charge in [-0.2, -0.15) is 11.8 Å². The van der Waals surface area contributed by atoms with Gasteiger partial charge in [0.25, 0.3) is 5.91 Å². The van der Waals surface area contributed by atoms with Crippen molar-refractivity contribution in [3.05, 3.63) is 28.8 Å². The van der Waals surface area contributed by atoms with Gasteiger partial charge in [0.05, 0.1) is 5.02 Å². The number of piperidine rings is 1. The Balaban J connectivity index is 1.47. The second-order valence-electron chi connectivity index (χ2n) is 7.61. The van der Waals surface area contributed by atoms with Crippen LogP contribution in [0.2, 0.25) is 5.02 Å². The standard InChI is InChI=1S/C21H31ClN2O2S/c1-27-14-4-11-24-12-9-18(10-13-24)26-20-8-7-16(15-19(20)22)21(25)23-17-5-2-3-6-17/h7-8,15,17-18H,2-6,9-14H2,1H3,(H,23,25). The van der Waals surface area contributed by atoms with Gasteiger partial charge in [0.2, 0.25) is 0 Å². The van der Waals surface area contributed by atoms with E-state index in [9.17, 15) is 4.79 Å². The van der Waals surface area contributed by atoms with Gasteiger partial charge in [0.1, 0.15) is 11.9 Å². The Morgan fingerprint density at radius 2 is 2.00 bits per heavy atom. The molecule has 1 amide bonds. The minimum absolute atomic E-state index is 0.0334. The molecule has 0 bridgehead atoms. The largest absolute Gasteiger partial charge is 0.489 e. The van der Waals surface area contributed by atoms with Crippen LogP contribution < -0.4 is 10.1 Å². The Morgan fingerprint density at radius 1 is 1.26 bits per heavy atom. The zero-order chi connectivity index (χ0) is 19.1. The molecular weight excluding hydrogens is 380 g/mol. The van der Waals surface area contributed by atoms with Crippen molar-refractivity contribution in [2.45, 2.75) is 57.1 Å². The summed E-state index contributed by atoms with van der Waals surface area (Å²) in [6.07, 6.45) is 10.2. The number of benzene rings is 1. The molecule has 2 aliphatic rings. The predicted molar refractivity (Wildman–Crippen MR) is 114 cm³/mol. The van der Waals surface area contributed by atoms with Crippen molar-refractivity contribution in [3.8, 4) is 5.75 Å². The normalized spacial score (nSPS) is 19.3. The number of hydrogen-bond acceptors (Lipinski definition) is 4. The van der Waals surface area contributed by atoms with E-state index in [-0.39, 0.29) is 12.0 Å². The SMILES string of the molecule is CSCCCN1CCC(Oc2ccc(C(=O)NC3CCCC3)cc2Cl)CC1. The van der Waals surface area contributed by atoms with Crippen molar-refractivity contribution in [2.75, 3.05) is 31.6 Å². The van der Waals surface area contributed by atoms with Gasteiger partial charge in [-0.25, -0.2) is 0 Å². The molecule has 27 heavy (non-hydrogen) atoms. The maximum atomic E-state index is 12.4. The van der Waals surface area contributed by atoms with E-state index >= 15 is 0 Å². The molecule has 0 atom stereocenters. The summed E-state index contributed by atoms with van der Waals surface area (Å²) < 4.78 is 6.13. The van der Waals surface area contributed by atoms with Gasteiger partial charge < -0.3 is 15.0 Å². The summed E-state index contributed by atoms with van der Waals surface area (Å²) in [4.78, 5) is 14.9. The Hall–Kier alpha value is -0.910. The van der Waals surface area contributed by atoms with Gasteiger partial charge in [-0.15, -0.1) is 0 Å². The van der Waals surface area contributed by atoms with Crippen LogP contribution in [0.3, 0.4) is 0 Å². The zero-order valence-electron chi connectivity index (χ0n) is 16.2.